The number of nitrogen functional groups attached to an aromatic ring is 1. The van der Waals surface area contributed by atoms with E-state index in [1.54, 1.807) is 26.0 Å². The Balaban J connectivity index is 3.35. The van der Waals surface area contributed by atoms with Gasteiger partial charge in [0.2, 0.25) is 10.0 Å². The smallest absolute Gasteiger partial charge is 0.243 e. The minimum atomic E-state index is -3.77. The van der Waals surface area contributed by atoms with Crippen LogP contribution in [0.25, 0.3) is 0 Å². The average Bonchev–Trinajstić information content (AvgIpc) is 2.40. The number of aliphatic hydroxyl groups excluding tert-OH is 1. The highest BCUT2D eigenvalue weighted by molar-refractivity contribution is 7.89. The Morgan fingerprint density at radius 1 is 1.20 bits per heavy atom. The van der Waals surface area contributed by atoms with E-state index >= 15 is 0 Å². The van der Waals surface area contributed by atoms with Crippen LogP contribution in [0.15, 0.2) is 17.0 Å². The number of nitrogens with two attached hydrogens (primary N) is 1. The van der Waals surface area contributed by atoms with Gasteiger partial charge in [0.1, 0.15) is 4.90 Å². The number of aryl methyl sites for hydroxylation is 2. The van der Waals surface area contributed by atoms with Crippen LogP contribution >= 0.6 is 0 Å². The highest BCUT2D eigenvalue weighted by Crippen LogP contribution is 2.28. The second kappa shape index (κ2) is 6.11. The van der Waals surface area contributed by atoms with Gasteiger partial charge in [-0.25, -0.2) is 13.1 Å². The molecule has 1 rings (SSSR count). The molecule has 1 aromatic carbocycles. The molecule has 0 aliphatic carbocycles. The van der Waals surface area contributed by atoms with Crippen molar-refractivity contribution in [2.75, 3.05) is 12.3 Å². The zero-order valence-electron chi connectivity index (χ0n) is 12.5. The SMILES string of the molecule is CCC(CC)(CO)NS(=O)(=O)c1c(C)ccc(C)c1N. The molecule has 0 aliphatic heterocycles. The van der Waals surface area contributed by atoms with Crippen LogP contribution in [-0.4, -0.2) is 25.7 Å². The van der Waals surface area contributed by atoms with Crippen molar-refractivity contribution in [2.45, 2.75) is 51.0 Å². The van der Waals surface area contributed by atoms with Crippen molar-refractivity contribution in [3.05, 3.63) is 23.3 Å². The van der Waals surface area contributed by atoms with Crippen LogP contribution in [-0.2, 0) is 10.0 Å². The van der Waals surface area contributed by atoms with Crippen LogP contribution in [0.5, 0.6) is 0 Å². The van der Waals surface area contributed by atoms with Gasteiger partial charge in [0, 0.05) is 0 Å². The van der Waals surface area contributed by atoms with Crippen LogP contribution < -0.4 is 10.5 Å². The monoisotopic (exact) mass is 300 g/mol. The maximum absolute atomic E-state index is 12.6. The second-order valence-corrected chi connectivity index (χ2v) is 6.81. The van der Waals surface area contributed by atoms with E-state index < -0.39 is 15.6 Å². The third kappa shape index (κ3) is 3.13. The van der Waals surface area contributed by atoms with Gasteiger partial charge in [0.15, 0.2) is 0 Å². The van der Waals surface area contributed by atoms with Crippen molar-refractivity contribution in [1.82, 2.24) is 4.72 Å². The van der Waals surface area contributed by atoms with E-state index in [2.05, 4.69) is 4.72 Å². The van der Waals surface area contributed by atoms with Crippen LogP contribution in [0.1, 0.15) is 37.8 Å². The highest BCUT2D eigenvalue weighted by Gasteiger charge is 2.33. The zero-order valence-corrected chi connectivity index (χ0v) is 13.3. The summed E-state index contributed by atoms with van der Waals surface area (Å²) in [6.07, 6.45) is 1.01. The number of hydrogen-bond donors (Lipinski definition) is 3. The average molecular weight is 300 g/mol. The van der Waals surface area contributed by atoms with Crippen LogP contribution in [0.4, 0.5) is 5.69 Å². The van der Waals surface area contributed by atoms with Gasteiger partial charge >= 0.3 is 0 Å². The standard InChI is InChI=1S/C14H24N2O3S/c1-5-14(6-2,9-17)16-20(18,19)13-11(4)8-7-10(3)12(13)15/h7-8,16-17H,5-6,9,15H2,1-4H3. The molecule has 0 amide bonds. The second-order valence-electron chi connectivity index (χ2n) is 5.19. The van der Waals surface area contributed by atoms with E-state index in [1.165, 1.54) is 0 Å². The Morgan fingerprint density at radius 3 is 2.15 bits per heavy atom. The van der Waals surface area contributed by atoms with Crippen molar-refractivity contribution in [1.29, 1.82) is 0 Å². The van der Waals surface area contributed by atoms with Crippen LogP contribution in [0.3, 0.4) is 0 Å². The molecule has 4 N–H and O–H groups in total. The Hall–Kier alpha value is -1.11. The number of aliphatic hydroxyl groups is 1. The van der Waals surface area contributed by atoms with Crippen molar-refractivity contribution >= 4 is 15.7 Å². The Labute approximate surface area is 121 Å². The lowest BCUT2D eigenvalue weighted by molar-refractivity contribution is 0.172. The quantitative estimate of drug-likeness (QED) is 0.697. The van der Waals surface area contributed by atoms with Gasteiger partial charge < -0.3 is 10.8 Å². The summed E-state index contributed by atoms with van der Waals surface area (Å²) in [6.45, 7) is 6.92. The summed E-state index contributed by atoms with van der Waals surface area (Å²) in [6, 6.07) is 3.53. The molecule has 0 fully saturated rings. The van der Waals surface area contributed by atoms with E-state index in [9.17, 15) is 13.5 Å². The number of sulfonamides is 1. The summed E-state index contributed by atoms with van der Waals surface area (Å²) >= 11 is 0. The summed E-state index contributed by atoms with van der Waals surface area (Å²) < 4.78 is 27.9. The molecule has 6 heteroatoms. The lowest BCUT2D eigenvalue weighted by Crippen LogP contribution is -2.50. The molecule has 0 radical (unpaired) electrons. The van der Waals surface area contributed by atoms with Gasteiger partial charge in [-0.1, -0.05) is 26.0 Å². The predicted octanol–water partition coefficient (Wildman–Crippen LogP) is 1.72. The van der Waals surface area contributed by atoms with E-state index in [4.69, 9.17) is 5.73 Å². The van der Waals surface area contributed by atoms with Crippen LogP contribution in [0.2, 0.25) is 0 Å². The highest BCUT2D eigenvalue weighted by atomic mass is 32.2. The topological polar surface area (TPSA) is 92.4 Å². The summed E-state index contributed by atoms with van der Waals surface area (Å²) in [5.74, 6) is 0. The third-order valence-corrected chi connectivity index (χ3v) is 5.67. The summed E-state index contributed by atoms with van der Waals surface area (Å²) in [5, 5.41) is 9.52. The Kier molecular flexibility index (Phi) is 5.18. The molecule has 20 heavy (non-hydrogen) atoms. The van der Waals surface area contributed by atoms with Gasteiger partial charge in [-0.3, -0.25) is 0 Å². The predicted molar refractivity (Wildman–Crippen MR) is 81.0 cm³/mol. The molecule has 0 bridgehead atoms. The van der Waals surface area contributed by atoms with E-state index in [1.807, 2.05) is 13.8 Å². The molecule has 114 valence electrons. The zero-order chi connectivity index (χ0) is 15.6. The molecular formula is C14H24N2O3S. The summed E-state index contributed by atoms with van der Waals surface area (Å²) in [4.78, 5) is 0.109. The lowest BCUT2D eigenvalue weighted by atomic mass is 9.96. The molecule has 0 aliphatic rings. The van der Waals surface area contributed by atoms with Crippen molar-refractivity contribution in [2.24, 2.45) is 0 Å². The molecule has 1 aromatic rings. The maximum atomic E-state index is 12.6. The van der Waals surface area contributed by atoms with Crippen molar-refractivity contribution in [3.63, 3.8) is 0 Å². The summed E-state index contributed by atoms with van der Waals surface area (Å²) in [5.41, 5.74) is 6.66. The number of benzene rings is 1. The number of nitrogens with one attached hydrogen (secondary N) is 1. The normalized spacial score (nSPS) is 12.7. The minimum Gasteiger partial charge on any atom is -0.397 e. The Bertz CT molecular complexity index is 570. The fraction of sp³-hybridized carbons (Fsp3) is 0.571. The number of rotatable bonds is 6. The number of hydrogen-bond acceptors (Lipinski definition) is 4. The molecule has 0 heterocycles. The fourth-order valence-electron chi connectivity index (χ4n) is 2.15. The lowest BCUT2D eigenvalue weighted by Gasteiger charge is -2.31. The summed E-state index contributed by atoms with van der Waals surface area (Å²) in [7, 11) is -3.77. The largest absolute Gasteiger partial charge is 0.397 e. The maximum Gasteiger partial charge on any atom is 0.243 e. The van der Waals surface area contributed by atoms with Gasteiger partial charge in [-0.05, 0) is 37.8 Å². The molecular weight excluding hydrogens is 276 g/mol. The first-order valence-corrected chi connectivity index (χ1v) is 8.22. The Morgan fingerprint density at radius 2 is 1.70 bits per heavy atom. The first kappa shape index (κ1) is 16.9. The van der Waals surface area contributed by atoms with Crippen LogP contribution in [0, 0.1) is 13.8 Å². The molecule has 0 spiro atoms. The molecule has 0 aromatic heterocycles. The van der Waals surface area contributed by atoms with Gasteiger partial charge in [0.25, 0.3) is 0 Å². The molecule has 0 saturated carbocycles. The third-order valence-electron chi connectivity index (χ3n) is 3.89. The first-order valence-electron chi connectivity index (χ1n) is 6.73. The van der Waals surface area contributed by atoms with Crippen molar-refractivity contribution in [3.8, 4) is 0 Å². The first-order chi connectivity index (χ1) is 9.23. The fourth-order valence-corrected chi connectivity index (χ4v) is 4.12. The molecule has 5 nitrogen and oxygen atoms in total. The molecule has 0 atom stereocenters. The van der Waals surface area contributed by atoms with E-state index in [0.717, 1.165) is 5.56 Å². The minimum absolute atomic E-state index is 0.109. The van der Waals surface area contributed by atoms with Gasteiger partial charge in [-0.2, -0.15) is 0 Å². The van der Waals surface area contributed by atoms with Gasteiger partial charge in [-0.15, -0.1) is 0 Å². The van der Waals surface area contributed by atoms with E-state index in [-0.39, 0.29) is 17.2 Å². The molecule has 0 saturated heterocycles. The van der Waals surface area contributed by atoms with Gasteiger partial charge in [0.05, 0.1) is 17.8 Å². The van der Waals surface area contributed by atoms with Crippen molar-refractivity contribution < 1.29 is 13.5 Å². The molecule has 0 unspecified atom stereocenters. The number of anilines is 1. The van der Waals surface area contributed by atoms with E-state index in [0.29, 0.717) is 18.4 Å².